The van der Waals surface area contributed by atoms with Gasteiger partial charge in [-0.25, -0.2) is 0 Å². The van der Waals surface area contributed by atoms with Gasteiger partial charge in [0.25, 0.3) is 0 Å². The maximum Gasteiger partial charge on any atom is 0.217 e. The zero-order chi connectivity index (χ0) is 12.3. The summed E-state index contributed by atoms with van der Waals surface area (Å²) in [5.74, 6) is 0.170. The van der Waals surface area contributed by atoms with Gasteiger partial charge in [-0.15, -0.1) is 0 Å². The monoisotopic (exact) mass is 216 g/mol. The zero-order valence-electron chi connectivity index (χ0n) is 10.7. The molecule has 0 heterocycles. The molecule has 0 aliphatic carbocycles. The molecule has 0 saturated carbocycles. The van der Waals surface area contributed by atoms with Gasteiger partial charge in [-0.2, -0.15) is 0 Å². The zero-order valence-corrected chi connectivity index (χ0v) is 10.7. The van der Waals surface area contributed by atoms with Crippen LogP contribution in [0, 0.1) is 5.92 Å². The fourth-order valence-electron chi connectivity index (χ4n) is 1.13. The van der Waals surface area contributed by atoms with Crippen molar-refractivity contribution in [3.8, 4) is 0 Å². The van der Waals surface area contributed by atoms with Gasteiger partial charge in [0.05, 0.1) is 6.61 Å². The van der Waals surface area contributed by atoms with Gasteiger partial charge in [0, 0.05) is 18.4 Å². The summed E-state index contributed by atoms with van der Waals surface area (Å²) in [6.45, 7) is 11.6. The summed E-state index contributed by atoms with van der Waals surface area (Å²) >= 11 is 0. The average molecular weight is 216 g/mol. The van der Waals surface area contributed by atoms with E-state index in [1.54, 1.807) is 0 Å². The molecule has 0 aliphatic rings. The highest BCUT2D eigenvalue weighted by molar-refractivity contribution is 5.73. The number of carbonyl (C=O) groups is 1. The van der Waals surface area contributed by atoms with Crippen LogP contribution in [0.3, 0.4) is 0 Å². The van der Waals surface area contributed by atoms with Crippen molar-refractivity contribution in [2.45, 2.75) is 52.8 Å². The Kier molecular flexibility index (Phi) is 4.74. The van der Waals surface area contributed by atoms with E-state index >= 15 is 0 Å². The van der Waals surface area contributed by atoms with Gasteiger partial charge < -0.3 is 15.8 Å². The second-order valence-electron chi connectivity index (χ2n) is 5.22. The smallest absolute Gasteiger partial charge is 0.217 e. The molecule has 0 saturated heterocycles. The molecule has 4 nitrogen and oxygen atoms in total. The number of rotatable bonds is 5. The second-order valence-corrected chi connectivity index (χ2v) is 5.22. The highest BCUT2D eigenvalue weighted by Crippen LogP contribution is 2.18. The third kappa shape index (κ3) is 6.47. The fraction of sp³-hybridized carbons (Fsp3) is 0.909. The van der Waals surface area contributed by atoms with Crippen LogP contribution in [0.15, 0.2) is 0 Å². The predicted octanol–water partition coefficient (Wildman–Crippen LogP) is 1.25. The van der Waals surface area contributed by atoms with Crippen LogP contribution in [0.25, 0.3) is 0 Å². The van der Waals surface area contributed by atoms with Crippen molar-refractivity contribution in [2.75, 3.05) is 6.61 Å². The molecular weight excluding hydrogens is 192 g/mol. The van der Waals surface area contributed by atoms with E-state index in [1.165, 1.54) is 6.92 Å². The number of hydrogen-bond acceptors (Lipinski definition) is 3. The number of ether oxygens (including phenoxy) is 1. The van der Waals surface area contributed by atoms with Crippen molar-refractivity contribution in [3.63, 3.8) is 0 Å². The van der Waals surface area contributed by atoms with E-state index in [2.05, 4.69) is 5.32 Å². The Labute approximate surface area is 92.6 Å². The molecule has 3 N–H and O–H groups in total. The summed E-state index contributed by atoms with van der Waals surface area (Å²) in [6, 6.07) is 0. The molecule has 1 atom stereocenters. The first-order chi connectivity index (χ1) is 6.54. The van der Waals surface area contributed by atoms with Gasteiger partial charge in [-0.3, -0.25) is 4.79 Å². The van der Waals surface area contributed by atoms with E-state index in [4.69, 9.17) is 10.5 Å². The van der Waals surface area contributed by atoms with Crippen molar-refractivity contribution in [1.29, 1.82) is 0 Å². The van der Waals surface area contributed by atoms with Crippen LogP contribution in [0.4, 0.5) is 0 Å². The third-order valence-electron chi connectivity index (χ3n) is 2.44. The molecule has 0 aromatic rings. The Bertz CT molecular complexity index is 219. The molecule has 4 heteroatoms. The van der Waals surface area contributed by atoms with Gasteiger partial charge in [0.1, 0.15) is 5.72 Å². The number of nitrogens with one attached hydrogen (secondary N) is 1. The van der Waals surface area contributed by atoms with Crippen LogP contribution in [0.5, 0.6) is 0 Å². The Balaban J connectivity index is 4.19. The van der Waals surface area contributed by atoms with Crippen LogP contribution in [-0.2, 0) is 9.53 Å². The van der Waals surface area contributed by atoms with Crippen LogP contribution in [0.1, 0.15) is 41.5 Å². The molecule has 15 heavy (non-hydrogen) atoms. The van der Waals surface area contributed by atoms with E-state index in [0.717, 1.165) is 0 Å². The minimum atomic E-state index is -0.624. The molecule has 90 valence electrons. The maximum absolute atomic E-state index is 11.0. The van der Waals surface area contributed by atoms with Gasteiger partial charge >= 0.3 is 0 Å². The minimum Gasteiger partial charge on any atom is -0.361 e. The summed E-state index contributed by atoms with van der Waals surface area (Å²) in [5.41, 5.74) is 4.81. The Morgan fingerprint density at radius 2 is 1.87 bits per heavy atom. The first-order valence-corrected chi connectivity index (χ1v) is 5.26. The summed E-state index contributed by atoms with van der Waals surface area (Å²) < 4.78 is 5.49. The second kappa shape index (κ2) is 4.94. The first kappa shape index (κ1) is 14.4. The Hall–Kier alpha value is -0.610. The number of nitrogens with two attached hydrogens (primary N) is 1. The normalized spacial score (nSPS) is 14.9. The topological polar surface area (TPSA) is 64.3 Å². The molecule has 0 fully saturated rings. The molecule has 0 rings (SSSR count). The van der Waals surface area contributed by atoms with Crippen molar-refractivity contribution in [2.24, 2.45) is 11.7 Å². The summed E-state index contributed by atoms with van der Waals surface area (Å²) in [5, 5.41) is 2.90. The van der Waals surface area contributed by atoms with Crippen molar-refractivity contribution in [1.82, 2.24) is 5.32 Å². The lowest BCUT2D eigenvalue weighted by atomic mass is 9.89. The minimum absolute atomic E-state index is 0.0288. The molecule has 1 unspecified atom stereocenters. The fourth-order valence-corrected chi connectivity index (χ4v) is 1.13. The molecule has 1 amide bonds. The summed E-state index contributed by atoms with van der Waals surface area (Å²) in [4.78, 5) is 11.0. The molecule has 0 aliphatic heterocycles. The first-order valence-electron chi connectivity index (χ1n) is 5.26. The number of carbonyl (C=O) groups excluding carboxylic acids is 1. The lowest BCUT2D eigenvalue weighted by Gasteiger charge is -2.34. The van der Waals surface area contributed by atoms with Crippen LogP contribution in [0.2, 0.25) is 0 Å². The van der Waals surface area contributed by atoms with Crippen molar-refractivity contribution >= 4 is 5.91 Å². The standard InChI is InChI=1S/C11H24N2O2/c1-8(7-15-11(5,6)12)10(3,4)13-9(2)14/h8H,7,12H2,1-6H3,(H,13,14). The predicted molar refractivity (Wildman–Crippen MR) is 61.3 cm³/mol. The summed E-state index contributed by atoms with van der Waals surface area (Å²) in [7, 11) is 0. The lowest BCUT2D eigenvalue weighted by Crippen LogP contribution is -2.50. The molecule has 0 bridgehead atoms. The van der Waals surface area contributed by atoms with E-state index < -0.39 is 5.72 Å². The van der Waals surface area contributed by atoms with E-state index in [9.17, 15) is 4.79 Å². The largest absolute Gasteiger partial charge is 0.361 e. The number of amides is 1. The highest BCUT2D eigenvalue weighted by atomic mass is 16.5. The lowest BCUT2D eigenvalue weighted by molar-refractivity contribution is -0.121. The molecule has 0 spiro atoms. The summed E-state index contributed by atoms with van der Waals surface area (Å²) in [6.07, 6.45) is 0. The molecule has 0 aromatic heterocycles. The van der Waals surface area contributed by atoms with Gasteiger partial charge in [0.2, 0.25) is 5.91 Å². The van der Waals surface area contributed by atoms with Crippen LogP contribution < -0.4 is 11.1 Å². The average Bonchev–Trinajstić information content (AvgIpc) is 1.95. The van der Waals surface area contributed by atoms with Crippen molar-refractivity contribution < 1.29 is 9.53 Å². The van der Waals surface area contributed by atoms with Gasteiger partial charge in [0.15, 0.2) is 0 Å². The molecular formula is C11H24N2O2. The van der Waals surface area contributed by atoms with Crippen LogP contribution >= 0.6 is 0 Å². The van der Waals surface area contributed by atoms with Crippen molar-refractivity contribution in [3.05, 3.63) is 0 Å². The van der Waals surface area contributed by atoms with E-state index in [0.29, 0.717) is 6.61 Å². The molecule has 0 aromatic carbocycles. The maximum atomic E-state index is 11.0. The van der Waals surface area contributed by atoms with E-state index in [-0.39, 0.29) is 17.4 Å². The number of hydrogen-bond donors (Lipinski definition) is 2. The molecule has 0 radical (unpaired) electrons. The van der Waals surface area contributed by atoms with E-state index in [1.807, 2.05) is 34.6 Å². The van der Waals surface area contributed by atoms with Crippen LogP contribution in [-0.4, -0.2) is 23.8 Å². The van der Waals surface area contributed by atoms with Gasteiger partial charge in [-0.1, -0.05) is 6.92 Å². The SMILES string of the molecule is CC(=O)NC(C)(C)C(C)COC(C)(C)N. The Morgan fingerprint density at radius 1 is 1.40 bits per heavy atom. The highest BCUT2D eigenvalue weighted by Gasteiger charge is 2.28. The van der Waals surface area contributed by atoms with Gasteiger partial charge in [-0.05, 0) is 27.7 Å². The Morgan fingerprint density at radius 3 is 2.20 bits per heavy atom. The quantitative estimate of drug-likeness (QED) is 0.680. The third-order valence-corrected chi connectivity index (χ3v) is 2.44.